The summed E-state index contributed by atoms with van der Waals surface area (Å²) in [6.07, 6.45) is -0.392. The minimum atomic E-state index is -0.467. The minimum absolute atomic E-state index is 0.0755. The lowest BCUT2D eigenvalue weighted by Gasteiger charge is -2.34. The molecule has 1 N–H and O–H groups in total. The Morgan fingerprint density at radius 3 is 2.78 bits per heavy atom. The fraction of sp³-hybridized carbons (Fsp3) is 0.529. The highest BCUT2D eigenvalue weighted by Gasteiger charge is 2.24. The first-order valence-electron chi connectivity index (χ1n) is 8.07. The van der Waals surface area contributed by atoms with E-state index in [-0.39, 0.29) is 6.10 Å². The highest BCUT2D eigenvalue weighted by molar-refractivity contribution is 5.17. The summed E-state index contributed by atoms with van der Waals surface area (Å²) in [6.45, 7) is 7.49. The van der Waals surface area contributed by atoms with Crippen molar-refractivity contribution in [1.29, 1.82) is 0 Å². The second-order valence-corrected chi connectivity index (χ2v) is 6.07. The number of aromatic nitrogens is 3. The maximum absolute atomic E-state index is 10.4. The number of hydrogen-bond acceptors (Lipinski definition) is 5. The molecule has 0 amide bonds. The summed E-state index contributed by atoms with van der Waals surface area (Å²) in [6, 6.07) is 9.80. The van der Waals surface area contributed by atoms with Crippen LogP contribution in [-0.2, 0) is 11.3 Å². The molecule has 1 aromatic heterocycles. The normalized spacial score (nSPS) is 20.6. The van der Waals surface area contributed by atoms with Crippen molar-refractivity contribution in [1.82, 2.24) is 19.7 Å². The van der Waals surface area contributed by atoms with Crippen LogP contribution in [0.25, 0.3) is 0 Å². The molecule has 1 aromatic carbocycles. The molecule has 6 heteroatoms. The van der Waals surface area contributed by atoms with E-state index in [0.717, 1.165) is 30.3 Å². The van der Waals surface area contributed by atoms with Crippen molar-refractivity contribution in [2.45, 2.75) is 32.6 Å². The fourth-order valence-electron chi connectivity index (χ4n) is 3.01. The quantitative estimate of drug-likeness (QED) is 0.901. The van der Waals surface area contributed by atoms with Crippen LogP contribution in [0.15, 0.2) is 30.3 Å². The molecule has 1 aliphatic rings. The number of ether oxygens (including phenoxy) is 1. The number of hydrogen-bond donors (Lipinski definition) is 1. The molecule has 6 nitrogen and oxygen atoms in total. The first kappa shape index (κ1) is 16.1. The molecule has 1 fully saturated rings. The van der Waals surface area contributed by atoms with Gasteiger partial charge >= 0.3 is 0 Å². The topological polar surface area (TPSA) is 63.4 Å². The van der Waals surface area contributed by atoms with E-state index in [9.17, 15) is 5.11 Å². The van der Waals surface area contributed by atoms with Crippen LogP contribution in [0.5, 0.6) is 0 Å². The average molecular weight is 316 g/mol. The van der Waals surface area contributed by atoms with E-state index in [1.807, 2.05) is 48.9 Å². The molecule has 3 rings (SSSR count). The van der Waals surface area contributed by atoms with Gasteiger partial charge in [0, 0.05) is 19.6 Å². The third-order valence-corrected chi connectivity index (χ3v) is 4.18. The molecule has 124 valence electrons. The molecule has 0 aliphatic carbocycles. The van der Waals surface area contributed by atoms with E-state index in [4.69, 9.17) is 4.74 Å². The van der Waals surface area contributed by atoms with Crippen LogP contribution in [0.1, 0.15) is 23.3 Å². The number of rotatable bonds is 5. The van der Waals surface area contributed by atoms with E-state index >= 15 is 0 Å². The minimum Gasteiger partial charge on any atom is -0.387 e. The van der Waals surface area contributed by atoms with Crippen molar-refractivity contribution in [2.75, 3.05) is 26.2 Å². The third kappa shape index (κ3) is 4.16. The molecule has 2 atom stereocenters. The summed E-state index contributed by atoms with van der Waals surface area (Å²) >= 11 is 0. The third-order valence-electron chi connectivity index (χ3n) is 4.18. The molecule has 0 bridgehead atoms. The van der Waals surface area contributed by atoms with E-state index < -0.39 is 6.10 Å². The number of aliphatic hydroxyl groups is 1. The number of β-amino-alcohol motifs (C(OH)–C–C–N with tert-alkyl or cyclic N) is 1. The zero-order valence-electron chi connectivity index (χ0n) is 13.7. The summed E-state index contributed by atoms with van der Waals surface area (Å²) in [5.41, 5.74) is 0.957. The van der Waals surface area contributed by atoms with Gasteiger partial charge in [0.15, 0.2) is 0 Å². The van der Waals surface area contributed by atoms with Gasteiger partial charge in [0.2, 0.25) is 0 Å². The van der Waals surface area contributed by atoms with Crippen LogP contribution in [0.2, 0.25) is 0 Å². The van der Waals surface area contributed by atoms with E-state index in [1.54, 1.807) is 0 Å². The Labute approximate surface area is 136 Å². The summed E-state index contributed by atoms with van der Waals surface area (Å²) in [4.78, 5) is 6.58. The lowest BCUT2D eigenvalue weighted by atomic mass is 10.1. The zero-order valence-corrected chi connectivity index (χ0v) is 13.7. The Morgan fingerprint density at radius 2 is 2.09 bits per heavy atom. The first-order valence-corrected chi connectivity index (χ1v) is 8.07. The predicted molar refractivity (Wildman–Crippen MR) is 87.1 cm³/mol. The van der Waals surface area contributed by atoms with Crippen LogP contribution in [0.3, 0.4) is 0 Å². The van der Waals surface area contributed by atoms with Crippen LogP contribution in [0, 0.1) is 13.8 Å². The maximum atomic E-state index is 10.4. The van der Waals surface area contributed by atoms with E-state index in [1.165, 1.54) is 0 Å². The van der Waals surface area contributed by atoms with Gasteiger partial charge < -0.3 is 9.84 Å². The molecule has 0 unspecified atom stereocenters. The Kier molecular flexibility index (Phi) is 5.05. The van der Waals surface area contributed by atoms with Gasteiger partial charge in [0.25, 0.3) is 0 Å². The van der Waals surface area contributed by atoms with Gasteiger partial charge in [0.1, 0.15) is 11.6 Å². The zero-order chi connectivity index (χ0) is 16.2. The predicted octanol–water partition coefficient (Wildman–Crippen LogP) is 1.33. The molecule has 1 aliphatic heterocycles. The molecular weight excluding hydrogens is 292 g/mol. The van der Waals surface area contributed by atoms with Gasteiger partial charge in [-0.05, 0) is 19.4 Å². The highest BCUT2D eigenvalue weighted by atomic mass is 16.5. The number of benzene rings is 1. The van der Waals surface area contributed by atoms with Crippen molar-refractivity contribution in [3.8, 4) is 0 Å². The Bertz CT molecular complexity index is 629. The van der Waals surface area contributed by atoms with Crippen LogP contribution >= 0.6 is 0 Å². The van der Waals surface area contributed by atoms with Gasteiger partial charge in [-0.2, -0.15) is 5.10 Å². The Hall–Kier alpha value is -1.76. The molecule has 0 spiro atoms. The largest absolute Gasteiger partial charge is 0.387 e. The Morgan fingerprint density at radius 1 is 1.30 bits per heavy atom. The molecule has 1 saturated heterocycles. The van der Waals surface area contributed by atoms with Gasteiger partial charge in [-0.15, -0.1) is 0 Å². The maximum Gasteiger partial charge on any atom is 0.147 e. The van der Waals surface area contributed by atoms with E-state index in [0.29, 0.717) is 19.7 Å². The van der Waals surface area contributed by atoms with Crippen molar-refractivity contribution in [2.24, 2.45) is 0 Å². The summed E-state index contributed by atoms with van der Waals surface area (Å²) in [5, 5.41) is 14.8. The molecule has 2 heterocycles. The standard InChI is InChI=1S/C17H24N4O2/c1-13-18-14(2)21(19-13)11-16-10-20(8-9-23-16)12-17(22)15-6-4-3-5-7-15/h3-7,16-17,22H,8-12H2,1-2H3/t16-,17-/m1/s1. The number of nitrogens with zero attached hydrogens (tertiary/aromatic N) is 4. The molecule has 0 saturated carbocycles. The van der Waals surface area contributed by atoms with Crippen molar-refractivity contribution < 1.29 is 9.84 Å². The highest BCUT2D eigenvalue weighted by Crippen LogP contribution is 2.16. The number of morpholine rings is 1. The molecule has 0 radical (unpaired) electrons. The SMILES string of the molecule is Cc1nc(C)n(C[C@H]2CN(C[C@@H](O)c3ccccc3)CCO2)n1. The van der Waals surface area contributed by atoms with Crippen molar-refractivity contribution in [3.63, 3.8) is 0 Å². The Balaban J connectivity index is 1.57. The first-order chi connectivity index (χ1) is 11.1. The van der Waals surface area contributed by atoms with Gasteiger partial charge in [-0.1, -0.05) is 30.3 Å². The summed E-state index contributed by atoms with van der Waals surface area (Å²) in [7, 11) is 0. The van der Waals surface area contributed by atoms with E-state index in [2.05, 4.69) is 15.0 Å². The van der Waals surface area contributed by atoms with Gasteiger partial charge in [-0.3, -0.25) is 4.90 Å². The molecule has 2 aromatic rings. The smallest absolute Gasteiger partial charge is 0.147 e. The number of aryl methyl sites for hydroxylation is 2. The van der Waals surface area contributed by atoms with Gasteiger partial charge in [0.05, 0.1) is 25.4 Å². The van der Waals surface area contributed by atoms with Crippen LogP contribution in [0.4, 0.5) is 0 Å². The molecular formula is C17H24N4O2. The number of aliphatic hydroxyl groups excluding tert-OH is 1. The fourth-order valence-corrected chi connectivity index (χ4v) is 3.01. The van der Waals surface area contributed by atoms with Gasteiger partial charge in [-0.25, -0.2) is 9.67 Å². The molecule has 23 heavy (non-hydrogen) atoms. The average Bonchev–Trinajstić information content (AvgIpc) is 2.86. The van der Waals surface area contributed by atoms with Crippen LogP contribution in [-0.4, -0.2) is 57.1 Å². The lowest BCUT2D eigenvalue weighted by molar-refractivity contribution is -0.0489. The second-order valence-electron chi connectivity index (χ2n) is 6.07. The second kappa shape index (κ2) is 7.21. The summed E-state index contributed by atoms with van der Waals surface area (Å²) in [5.74, 6) is 1.70. The van der Waals surface area contributed by atoms with Crippen LogP contribution < -0.4 is 0 Å². The lowest BCUT2D eigenvalue weighted by Crippen LogP contribution is -2.45. The monoisotopic (exact) mass is 316 g/mol. The van der Waals surface area contributed by atoms with Crippen molar-refractivity contribution >= 4 is 0 Å². The summed E-state index contributed by atoms with van der Waals surface area (Å²) < 4.78 is 7.75. The van der Waals surface area contributed by atoms with Crippen molar-refractivity contribution in [3.05, 3.63) is 47.5 Å².